The van der Waals surface area contributed by atoms with E-state index in [1.807, 2.05) is 0 Å². The van der Waals surface area contributed by atoms with Gasteiger partial charge in [-0.3, -0.25) is 36.2 Å². The predicted molar refractivity (Wildman–Crippen MR) is 111 cm³/mol. The van der Waals surface area contributed by atoms with Crippen LogP contribution in [0.25, 0.3) is 0 Å². The van der Waals surface area contributed by atoms with Gasteiger partial charge in [0.05, 0.1) is 0 Å². The molecule has 1 fully saturated rings. The minimum absolute atomic E-state index is 0.623. The van der Waals surface area contributed by atoms with E-state index in [9.17, 15) is 76.3 Å². The normalized spacial score (nSPS) is 28.4. The predicted octanol–water partition coefficient (Wildman–Crippen LogP) is -1.82. The molecule has 1 saturated carbocycles. The van der Waals surface area contributed by atoms with Crippen LogP contribution in [0.1, 0.15) is 0 Å². The molecular formula is C8H22O24P6. The molecule has 0 aromatic rings. The van der Waals surface area contributed by atoms with Crippen molar-refractivity contribution in [2.45, 2.75) is 36.6 Å². The van der Waals surface area contributed by atoms with Gasteiger partial charge >= 0.3 is 46.9 Å². The van der Waals surface area contributed by atoms with Crippen LogP contribution in [0.15, 0.2) is 0 Å². The fourth-order valence-electron chi connectivity index (χ4n) is 2.94. The maximum absolute atomic E-state index is 12.6. The minimum Gasteiger partial charge on any atom is -0.303 e. The van der Waals surface area contributed by atoms with Crippen LogP contribution in [0.2, 0.25) is 0 Å². The lowest BCUT2D eigenvalue weighted by Crippen LogP contribution is -2.66. The molecule has 0 amide bonds. The Morgan fingerprint density at radius 3 is 0.658 bits per heavy atom. The lowest BCUT2D eigenvalue weighted by Gasteiger charge is -2.48. The first kappa shape index (κ1) is 36.7. The molecule has 0 radical (unpaired) electrons. The molecule has 0 aromatic carbocycles. The van der Waals surface area contributed by atoms with Crippen molar-refractivity contribution in [3.05, 3.63) is 0 Å². The maximum Gasteiger partial charge on any atom is 0.474 e. The molecule has 1 rings (SSSR count). The molecule has 2 unspecified atom stereocenters. The fraction of sp³-hybridized carbons (Fsp3) is 1.00. The van der Waals surface area contributed by atoms with Gasteiger partial charge < -0.3 is 48.9 Å². The molecule has 1 aliphatic carbocycles. The summed E-state index contributed by atoms with van der Waals surface area (Å²) in [6, 6.07) is 0. The zero-order valence-corrected chi connectivity index (χ0v) is 23.7. The molecule has 0 saturated heterocycles. The van der Waals surface area contributed by atoms with Crippen LogP contribution in [-0.4, -0.2) is 99.8 Å². The topological polar surface area (TPSA) is 379 Å². The van der Waals surface area contributed by atoms with Crippen molar-refractivity contribution in [1.29, 1.82) is 0 Å². The van der Waals surface area contributed by atoms with Gasteiger partial charge in [0, 0.05) is 14.2 Å². The average molecular weight is 688 g/mol. The van der Waals surface area contributed by atoms with Gasteiger partial charge in [0.15, 0.2) is 0 Å². The van der Waals surface area contributed by atoms with Crippen molar-refractivity contribution in [3.63, 3.8) is 0 Å². The summed E-state index contributed by atoms with van der Waals surface area (Å²) in [4.78, 5) is 92.9. The fourth-order valence-corrected chi connectivity index (χ4v) is 6.59. The smallest absolute Gasteiger partial charge is 0.303 e. The van der Waals surface area contributed by atoms with Gasteiger partial charge in [0.2, 0.25) is 0 Å². The first-order valence-electron chi connectivity index (χ1n) is 8.79. The molecule has 30 heteroatoms. The summed E-state index contributed by atoms with van der Waals surface area (Å²) in [7, 11) is -33.6. The Bertz CT molecular complexity index is 1020. The van der Waals surface area contributed by atoms with Crippen LogP contribution in [0, 0.1) is 0 Å². The summed E-state index contributed by atoms with van der Waals surface area (Å²) >= 11 is 0. The van der Waals surface area contributed by atoms with E-state index in [0.29, 0.717) is 14.2 Å². The van der Waals surface area contributed by atoms with Gasteiger partial charge in [-0.2, -0.15) is 0 Å². The summed E-state index contributed by atoms with van der Waals surface area (Å²) in [6.07, 6.45) is -18.0. The molecular weight excluding hydrogens is 666 g/mol. The lowest BCUT2D eigenvalue weighted by molar-refractivity contribution is -0.202. The van der Waals surface area contributed by atoms with Gasteiger partial charge in [0.25, 0.3) is 0 Å². The molecule has 24 nitrogen and oxygen atoms in total. The molecule has 0 bridgehead atoms. The van der Waals surface area contributed by atoms with Crippen molar-refractivity contribution < 1.29 is 113 Å². The van der Waals surface area contributed by atoms with Crippen LogP contribution in [0.4, 0.5) is 0 Å². The third-order valence-corrected chi connectivity index (χ3v) is 7.92. The Morgan fingerprint density at radius 2 is 0.526 bits per heavy atom. The average Bonchev–Trinajstić information content (AvgIpc) is 2.65. The van der Waals surface area contributed by atoms with Gasteiger partial charge in [0.1, 0.15) is 36.6 Å². The molecule has 10 N–H and O–H groups in total. The van der Waals surface area contributed by atoms with Crippen LogP contribution in [0.5, 0.6) is 0 Å². The third-order valence-electron chi connectivity index (χ3n) is 3.94. The maximum atomic E-state index is 12.6. The first-order valence-corrected chi connectivity index (χ1v) is 17.9. The quantitative estimate of drug-likeness (QED) is 0.0897. The third kappa shape index (κ3) is 12.7. The van der Waals surface area contributed by atoms with Crippen LogP contribution < -0.4 is 0 Å². The number of hydrogen-bond acceptors (Lipinski definition) is 14. The van der Waals surface area contributed by atoms with Crippen molar-refractivity contribution in [2.24, 2.45) is 0 Å². The van der Waals surface area contributed by atoms with E-state index >= 15 is 0 Å². The minimum atomic E-state index is -5.98. The van der Waals surface area contributed by atoms with E-state index in [1.54, 1.807) is 0 Å². The Labute approximate surface area is 210 Å². The highest BCUT2D eigenvalue weighted by Gasteiger charge is 2.63. The highest BCUT2D eigenvalue weighted by atomic mass is 31.2. The van der Waals surface area contributed by atoms with Crippen molar-refractivity contribution in [1.82, 2.24) is 0 Å². The Morgan fingerprint density at radius 1 is 0.368 bits per heavy atom. The molecule has 1 aliphatic rings. The molecule has 228 valence electrons. The number of rotatable bonds is 14. The van der Waals surface area contributed by atoms with Crippen molar-refractivity contribution in [2.75, 3.05) is 14.2 Å². The summed E-state index contributed by atoms with van der Waals surface area (Å²) in [5.74, 6) is 0. The van der Waals surface area contributed by atoms with Crippen LogP contribution in [0.3, 0.4) is 0 Å². The van der Waals surface area contributed by atoms with E-state index in [0.717, 1.165) is 0 Å². The monoisotopic (exact) mass is 688 g/mol. The Kier molecular flexibility index (Phi) is 12.4. The first-order chi connectivity index (χ1) is 16.7. The number of phosphoric ester groups is 6. The number of phosphoric acid groups is 6. The highest BCUT2D eigenvalue weighted by molar-refractivity contribution is 7.48. The van der Waals surface area contributed by atoms with Crippen LogP contribution in [-0.2, 0) is 63.6 Å². The van der Waals surface area contributed by atoms with Gasteiger partial charge in [-0.25, -0.2) is 27.4 Å². The molecule has 0 aliphatic heterocycles. The molecule has 0 spiro atoms. The second-order valence-electron chi connectivity index (χ2n) is 6.69. The SMILES string of the molecule is COP(=O)(OC)OC1[C@@H](OP(=O)(O)O)[C@H](OP(=O)(O)O)C(OP(=O)(O)O)[C@H](OP(=O)(O)O)[C@@H]1OP(=O)(O)O. The summed E-state index contributed by atoms with van der Waals surface area (Å²) < 4.78 is 106. The van der Waals surface area contributed by atoms with Crippen molar-refractivity contribution >= 4 is 46.9 Å². The Balaban J connectivity index is 4.11. The second kappa shape index (κ2) is 12.9. The zero-order chi connectivity index (χ0) is 30.1. The van der Waals surface area contributed by atoms with Crippen LogP contribution >= 0.6 is 46.9 Å². The lowest BCUT2D eigenvalue weighted by atomic mass is 9.85. The highest BCUT2D eigenvalue weighted by Crippen LogP contribution is 2.58. The van der Waals surface area contributed by atoms with E-state index < -0.39 is 83.6 Å². The molecule has 6 atom stereocenters. The van der Waals surface area contributed by atoms with E-state index in [-0.39, 0.29) is 0 Å². The molecule has 38 heavy (non-hydrogen) atoms. The zero-order valence-electron chi connectivity index (χ0n) is 18.3. The standard InChI is InChI=1S/C8H22O24P6/c1-25-38(24,26-2)32-8-6(30-36(18,19)20)4(28-34(12,13)14)3(27-33(9,10)11)5(29-35(15,16)17)7(8)31-37(21,22)23/h3-8H,1-2H3,(H2,9,10,11)(H2,12,13,14)(H2,15,16,17)(H2,18,19,20)(H2,21,22,23)/t3?,4-,5+,6-,7-,8?/m0/s1. The Hall–Kier alpha value is 0.660. The summed E-state index contributed by atoms with van der Waals surface area (Å²) in [6.45, 7) is 0. The van der Waals surface area contributed by atoms with Crippen molar-refractivity contribution in [3.8, 4) is 0 Å². The van der Waals surface area contributed by atoms with E-state index in [4.69, 9.17) is 4.52 Å². The molecule has 0 aromatic heterocycles. The van der Waals surface area contributed by atoms with Gasteiger partial charge in [-0.15, -0.1) is 0 Å². The largest absolute Gasteiger partial charge is 0.474 e. The molecule has 0 heterocycles. The second-order valence-corrected chi connectivity index (χ2v) is 14.5. The number of hydrogen-bond donors (Lipinski definition) is 10. The summed E-state index contributed by atoms with van der Waals surface area (Å²) in [5, 5.41) is 0. The summed E-state index contributed by atoms with van der Waals surface area (Å²) in [5.41, 5.74) is 0. The van der Waals surface area contributed by atoms with Gasteiger partial charge in [-0.05, 0) is 0 Å². The van der Waals surface area contributed by atoms with E-state index in [2.05, 4.69) is 31.7 Å². The van der Waals surface area contributed by atoms with E-state index in [1.165, 1.54) is 0 Å². The van der Waals surface area contributed by atoms with Gasteiger partial charge in [-0.1, -0.05) is 0 Å².